The fourth-order valence-electron chi connectivity index (χ4n) is 1.51. The Morgan fingerprint density at radius 1 is 1.15 bits per heavy atom. The van der Waals surface area contributed by atoms with Gasteiger partial charge in [0.2, 0.25) is 0 Å². The van der Waals surface area contributed by atoms with Gasteiger partial charge in [0.25, 0.3) is 0 Å². The van der Waals surface area contributed by atoms with Crippen molar-refractivity contribution in [3.8, 4) is 0 Å². The molecule has 0 rings (SSSR count). The van der Waals surface area contributed by atoms with Crippen LogP contribution in [-0.4, -0.2) is 55.0 Å². The van der Waals surface area contributed by atoms with Gasteiger partial charge in [0.1, 0.15) is 11.1 Å². The monoisotopic (exact) mass is 289 g/mol. The maximum absolute atomic E-state index is 12.1. The first-order valence-electron chi connectivity index (χ1n) is 6.78. The van der Waals surface area contributed by atoms with Gasteiger partial charge in [-0.3, -0.25) is 4.90 Å². The molecular formula is C14H27NO5. The lowest BCUT2D eigenvalue weighted by molar-refractivity contribution is -0.196. The number of amides is 1. The van der Waals surface area contributed by atoms with E-state index in [1.807, 2.05) is 0 Å². The van der Waals surface area contributed by atoms with Gasteiger partial charge in [-0.25, -0.2) is 4.79 Å². The standard InChI is InChI=1S/C14H27NO5/c1-8-18-11(19-9-2)14(6,10-16)15(7)12(17)20-13(3,4)5/h10-11H,8-9H2,1-7H3. The first kappa shape index (κ1) is 18.9. The minimum absolute atomic E-state index is 0.371. The van der Waals surface area contributed by atoms with Crippen molar-refractivity contribution in [3.05, 3.63) is 0 Å². The first-order valence-corrected chi connectivity index (χ1v) is 6.78. The summed E-state index contributed by atoms with van der Waals surface area (Å²) in [5.41, 5.74) is -1.89. The third kappa shape index (κ3) is 5.09. The molecule has 0 N–H and O–H groups in total. The van der Waals surface area contributed by atoms with E-state index in [4.69, 9.17) is 14.2 Å². The second-order valence-electron chi connectivity index (χ2n) is 5.63. The largest absolute Gasteiger partial charge is 0.444 e. The van der Waals surface area contributed by atoms with Gasteiger partial charge in [-0.1, -0.05) is 0 Å². The quantitative estimate of drug-likeness (QED) is 0.531. The van der Waals surface area contributed by atoms with E-state index in [0.29, 0.717) is 19.5 Å². The highest BCUT2D eigenvalue weighted by Gasteiger charge is 2.43. The Labute approximate surface area is 121 Å². The van der Waals surface area contributed by atoms with Crippen molar-refractivity contribution >= 4 is 12.4 Å². The highest BCUT2D eigenvalue weighted by atomic mass is 16.7. The van der Waals surface area contributed by atoms with E-state index >= 15 is 0 Å². The van der Waals surface area contributed by atoms with Gasteiger partial charge >= 0.3 is 6.09 Å². The molecule has 0 saturated carbocycles. The molecule has 1 unspecified atom stereocenters. The highest BCUT2D eigenvalue weighted by Crippen LogP contribution is 2.22. The zero-order chi connectivity index (χ0) is 16.0. The van der Waals surface area contributed by atoms with Crippen molar-refractivity contribution in [1.29, 1.82) is 0 Å². The van der Waals surface area contributed by atoms with E-state index in [2.05, 4.69) is 0 Å². The Morgan fingerprint density at radius 3 is 1.90 bits per heavy atom. The van der Waals surface area contributed by atoms with Gasteiger partial charge in [-0.05, 0) is 41.5 Å². The lowest BCUT2D eigenvalue weighted by Gasteiger charge is -2.39. The Morgan fingerprint density at radius 2 is 1.60 bits per heavy atom. The maximum Gasteiger partial charge on any atom is 0.411 e. The van der Waals surface area contributed by atoms with Gasteiger partial charge in [0.15, 0.2) is 12.6 Å². The van der Waals surface area contributed by atoms with Crippen LogP contribution in [0.1, 0.15) is 41.5 Å². The van der Waals surface area contributed by atoms with Crippen LogP contribution in [0.25, 0.3) is 0 Å². The van der Waals surface area contributed by atoms with E-state index < -0.39 is 23.5 Å². The molecule has 1 atom stereocenters. The number of aldehydes is 1. The molecule has 6 nitrogen and oxygen atoms in total. The smallest absolute Gasteiger partial charge is 0.411 e. The Hall–Kier alpha value is -1.14. The van der Waals surface area contributed by atoms with Crippen LogP contribution in [0.5, 0.6) is 0 Å². The van der Waals surface area contributed by atoms with Crippen LogP contribution in [0.4, 0.5) is 4.79 Å². The SMILES string of the molecule is CCOC(OCC)C(C)(C=O)N(C)C(=O)OC(C)(C)C. The van der Waals surface area contributed by atoms with Crippen molar-refractivity contribution in [2.24, 2.45) is 0 Å². The van der Waals surface area contributed by atoms with Gasteiger partial charge in [-0.2, -0.15) is 0 Å². The van der Waals surface area contributed by atoms with Gasteiger partial charge < -0.3 is 19.0 Å². The molecule has 0 aromatic carbocycles. The molecule has 118 valence electrons. The fraction of sp³-hybridized carbons (Fsp3) is 0.857. The minimum atomic E-state index is -1.26. The number of hydrogen-bond acceptors (Lipinski definition) is 5. The molecule has 0 aromatic heterocycles. The number of rotatable bonds is 7. The third-order valence-corrected chi connectivity index (χ3v) is 2.74. The second kappa shape index (κ2) is 7.59. The van der Waals surface area contributed by atoms with Gasteiger partial charge in [0, 0.05) is 20.3 Å². The predicted octanol–water partition coefficient (Wildman–Crippen LogP) is 2.21. The summed E-state index contributed by atoms with van der Waals surface area (Å²) in [6.45, 7) is 11.2. The van der Waals surface area contributed by atoms with Crippen LogP contribution >= 0.6 is 0 Å². The minimum Gasteiger partial charge on any atom is -0.444 e. The van der Waals surface area contributed by atoms with Crippen LogP contribution in [0.3, 0.4) is 0 Å². The molecule has 0 bridgehead atoms. The second-order valence-corrected chi connectivity index (χ2v) is 5.63. The van der Waals surface area contributed by atoms with Crippen LogP contribution in [-0.2, 0) is 19.0 Å². The van der Waals surface area contributed by atoms with Crippen LogP contribution in [0.15, 0.2) is 0 Å². The fourth-order valence-corrected chi connectivity index (χ4v) is 1.51. The zero-order valence-corrected chi connectivity index (χ0v) is 13.6. The molecule has 0 saturated heterocycles. The van der Waals surface area contributed by atoms with Crippen LogP contribution in [0.2, 0.25) is 0 Å². The van der Waals surface area contributed by atoms with Crippen molar-refractivity contribution in [2.75, 3.05) is 20.3 Å². The summed E-state index contributed by atoms with van der Waals surface area (Å²) in [5.74, 6) is 0. The summed E-state index contributed by atoms with van der Waals surface area (Å²) in [7, 11) is 1.49. The number of likely N-dealkylation sites (N-methyl/N-ethyl adjacent to an activating group) is 1. The van der Waals surface area contributed by atoms with Crippen molar-refractivity contribution in [1.82, 2.24) is 4.90 Å². The van der Waals surface area contributed by atoms with Crippen molar-refractivity contribution in [2.45, 2.75) is 59.0 Å². The molecule has 0 spiro atoms. The van der Waals surface area contributed by atoms with Gasteiger partial charge in [0.05, 0.1) is 0 Å². The van der Waals surface area contributed by atoms with E-state index in [0.717, 1.165) is 0 Å². The van der Waals surface area contributed by atoms with Gasteiger partial charge in [-0.15, -0.1) is 0 Å². The average Bonchev–Trinajstić information content (AvgIpc) is 2.34. The molecule has 6 heteroatoms. The Kier molecular flexibility index (Phi) is 7.16. The molecule has 0 heterocycles. The molecule has 0 aromatic rings. The predicted molar refractivity (Wildman–Crippen MR) is 75.5 cm³/mol. The molecule has 0 fully saturated rings. The number of hydrogen-bond donors (Lipinski definition) is 0. The average molecular weight is 289 g/mol. The molecule has 0 radical (unpaired) electrons. The lowest BCUT2D eigenvalue weighted by atomic mass is 10.0. The summed E-state index contributed by atoms with van der Waals surface area (Å²) in [4.78, 5) is 24.8. The summed E-state index contributed by atoms with van der Waals surface area (Å²) >= 11 is 0. The summed E-state index contributed by atoms with van der Waals surface area (Å²) in [5, 5.41) is 0. The molecule has 0 aliphatic carbocycles. The zero-order valence-electron chi connectivity index (χ0n) is 13.6. The summed E-state index contributed by atoms with van der Waals surface area (Å²) < 4.78 is 16.1. The number of carbonyl (C=O) groups is 2. The van der Waals surface area contributed by atoms with E-state index in [9.17, 15) is 9.59 Å². The Balaban J connectivity index is 5.17. The highest BCUT2D eigenvalue weighted by molar-refractivity contribution is 5.76. The Bertz CT molecular complexity index is 320. The van der Waals surface area contributed by atoms with Crippen LogP contribution < -0.4 is 0 Å². The van der Waals surface area contributed by atoms with E-state index in [-0.39, 0.29) is 0 Å². The molecule has 1 amide bonds. The van der Waals surface area contributed by atoms with Crippen molar-refractivity contribution < 1.29 is 23.8 Å². The lowest BCUT2D eigenvalue weighted by Crippen LogP contribution is -2.59. The number of ether oxygens (including phenoxy) is 3. The summed E-state index contributed by atoms with van der Waals surface area (Å²) in [6.07, 6.45) is -0.795. The topological polar surface area (TPSA) is 65.1 Å². The number of nitrogens with zero attached hydrogens (tertiary/aromatic N) is 1. The molecular weight excluding hydrogens is 262 g/mol. The van der Waals surface area contributed by atoms with Crippen LogP contribution in [0, 0.1) is 0 Å². The normalized spacial score (nSPS) is 14.8. The van der Waals surface area contributed by atoms with E-state index in [1.54, 1.807) is 41.5 Å². The maximum atomic E-state index is 12.1. The third-order valence-electron chi connectivity index (χ3n) is 2.74. The number of carbonyl (C=O) groups excluding carboxylic acids is 2. The molecule has 0 aliphatic rings. The molecule has 20 heavy (non-hydrogen) atoms. The van der Waals surface area contributed by atoms with Crippen molar-refractivity contribution in [3.63, 3.8) is 0 Å². The van der Waals surface area contributed by atoms with E-state index in [1.165, 1.54) is 11.9 Å². The first-order chi connectivity index (χ1) is 9.12. The summed E-state index contributed by atoms with van der Waals surface area (Å²) in [6, 6.07) is 0. The molecule has 0 aliphatic heterocycles.